The first-order chi connectivity index (χ1) is 8.61. The van der Waals surface area contributed by atoms with E-state index in [1.807, 2.05) is 30.5 Å². The number of rotatable bonds is 4. The van der Waals surface area contributed by atoms with Crippen LogP contribution in [0.25, 0.3) is 11.0 Å². The van der Waals surface area contributed by atoms with Crippen LogP contribution in [0.3, 0.4) is 0 Å². The van der Waals surface area contributed by atoms with E-state index in [2.05, 4.69) is 16.4 Å². The molecule has 1 aromatic heterocycles. The summed E-state index contributed by atoms with van der Waals surface area (Å²) in [7, 11) is 0. The number of hydrogen-bond donors (Lipinski definition) is 2. The smallest absolute Gasteiger partial charge is 0.221 e. The highest BCUT2D eigenvalue weighted by Gasteiger charge is 2.06. The molecule has 0 aliphatic heterocycles. The van der Waals surface area contributed by atoms with E-state index in [9.17, 15) is 4.79 Å². The van der Waals surface area contributed by atoms with Crippen molar-refractivity contribution in [2.24, 2.45) is 0 Å². The van der Waals surface area contributed by atoms with Gasteiger partial charge in [0.2, 0.25) is 5.91 Å². The average molecular weight is 263 g/mol. The molecule has 0 bridgehead atoms. The van der Waals surface area contributed by atoms with Crippen LogP contribution < -0.4 is 5.32 Å². The van der Waals surface area contributed by atoms with Gasteiger partial charge in [0.1, 0.15) is 0 Å². The zero-order valence-corrected chi connectivity index (χ0v) is 11.4. The fraction of sp³-hybridized carbons (Fsp3) is 0.385. The molecule has 2 N–H and O–H groups in total. The summed E-state index contributed by atoms with van der Waals surface area (Å²) < 4.78 is 2.64. The molecule has 0 spiro atoms. The Hall–Kier alpha value is -1.62. The molecule has 96 valence electrons. The van der Waals surface area contributed by atoms with Crippen molar-refractivity contribution in [2.75, 3.05) is 6.54 Å². The number of nitrogens with zero attached hydrogens (tertiary/aromatic N) is 1. The third-order valence-corrected chi connectivity index (χ3v) is 3.19. The van der Waals surface area contributed by atoms with Crippen LogP contribution in [-0.4, -0.2) is 22.0 Å². The van der Waals surface area contributed by atoms with Crippen LogP contribution in [0.1, 0.15) is 18.9 Å². The van der Waals surface area contributed by atoms with Gasteiger partial charge >= 0.3 is 0 Å². The summed E-state index contributed by atoms with van der Waals surface area (Å²) in [6, 6.07) is 6.15. The maximum absolute atomic E-state index is 11.5. The van der Waals surface area contributed by atoms with Gasteiger partial charge in [0, 0.05) is 19.5 Å². The average Bonchev–Trinajstić information content (AvgIpc) is 2.61. The topological polar surface area (TPSA) is 49.8 Å². The monoisotopic (exact) mass is 263 g/mol. The van der Waals surface area contributed by atoms with E-state index in [1.165, 1.54) is 5.56 Å². The Balaban J connectivity index is 2.25. The van der Waals surface area contributed by atoms with Gasteiger partial charge in [-0.25, -0.2) is 0 Å². The van der Waals surface area contributed by atoms with Crippen LogP contribution in [0.15, 0.2) is 18.2 Å². The van der Waals surface area contributed by atoms with Crippen molar-refractivity contribution < 1.29 is 4.79 Å². The second-order valence-corrected chi connectivity index (χ2v) is 4.69. The molecule has 0 aliphatic rings. The summed E-state index contributed by atoms with van der Waals surface area (Å²) in [5, 5.41) is 2.79. The van der Waals surface area contributed by atoms with Crippen LogP contribution in [0.2, 0.25) is 0 Å². The minimum atomic E-state index is 0.0564. The van der Waals surface area contributed by atoms with E-state index >= 15 is 0 Å². The normalized spacial score (nSPS) is 10.8. The van der Waals surface area contributed by atoms with Crippen molar-refractivity contribution >= 4 is 29.2 Å². The SMILES string of the molecule is CCNC(=O)CCn1c(=S)[nH]c2cc(C)ccc21. The molecule has 0 unspecified atom stereocenters. The molecule has 0 atom stereocenters. The van der Waals surface area contributed by atoms with Gasteiger partial charge in [0.05, 0.1) is 11.0 Å². The number of fused-ring (bicyclic) bond motifs is 1. The quantitative estimate of drug-likeness (QED) is 0.833. The Morgan fingerprint density at radius 2 is 2.28 bits per heavy atom. The molecule has 5 heteroatoms. The summed E-state index contributed by atoms with van der Waals surface area (Å²) in [4.78, 5) is 14.6. The van der Waals surface area contributed by atoms with Crippen molar-refractivity contribution in [3.63, 3.8) is 0 Å². The Labute approximate surface area is 111 Å². The first-order valence-electron chi connectivity index (χ1n) is 6.07. The van der Waals surface area contributed by atoms with E-state index in [-0.39, 0.29) is 5.91 Å². The fourth-order valence-corrected chi connectivity index (χ4v) is 2.30. The Morgan fingerprint density at radius 1 is 1.50 bits per heavy atom. The second-order valence-electron chi connectivity index (χ2n) is 4.31. The number of imidazole rings is 1. The number of aryl methyl sites for hydroxylation is 2. The maximum Gasteiger partial charge on any atom is 0.221 e. The molecule has 1 heterocycles. The van der Waals surface area contributed by atoms with Crippen molar-refractivity contribution in [3.05, 3.63) is 28.5 Å². The molecule has 4 nitrogen and oxygen atoms in total. The third kappa shape index (κ3) is 2.61. The number of nitrogens with one attached hydrogen (secondary N) is 2. The number of amides is 1. The van der Waals surface area contributed by atoms with Gasteiger partial charge < -0.3 is 14.9 Å². The van der Waals surface area contributed by atoms with Crippen LogP contribution in [-0.2, 0) is 11.3 Å². The number of aromatic nitrogens is 2. The van der Waals surface area contributed by atoms with Crippen LogP contribution in [0, 0.1) is 11.7 Å². The molecule has 1 aromatic carbocycles. The molecule has 0 aliphatic carbocycles. The summed E-state index contributed by atoms with van der Waals surface area (Å²) in [6.07, 6.45) is 0.447. The summed E-state index contributed by atoms with van der Waals surface area (Å²) in [6.45, 7) is 5.23. The molecule has 18 heavy (non-hydrogen) atoms. The number of benzene rings is 1. The molecule has 1 amide bonds. The van der Waals surface area contributed by atoms with Crippen molar-refractivity contribution in [2.45, 2.75) is 26.8 Å². The third-order valence-electron chi connectivity index (χ3n) is 2.87. The summed E-state index contributed by atoms with van der Waals surface area (Å²) in [5.74, 6) is 0.0564. The number of carbonyl (C=O) groups excluding carboxylic acids is 1. The van der Waals surface area contributed by atoms with Gasteiger partial charge in [-0.05, 0) is 43.8 Å². The van der Waals surface area contributed by atoms with Gasteiger partial charge in [0.15, 0.2) is 4.77 Å². The van der Waals surface area contributed by atoms with Gasteiger partial charge in [0.25, 0.3) is 0 Å². The lowest BCUT2D eigenvalue weighted by atomic mass is 10.2. The van der Waals surface area contributed by atoms with E-state index in [0.29, 0.717) is 24.3 Å². The molecule has 0 fully saturated rings. The highest BCUT2D eigenvalue weighted by Crippen LogP contribution is 2.16. The number of H-pyrrole nitrogens is 1. The molecule has 2 aromatic rings. The number of carbonyl (C=O) groups is 1. The summed E-state index contributed by atoms with van der Waals surface area (Å²) >= 11 is 5.29. The van der Waals surface area contributed by atoms with Gasteiger partial charge in [-0.3, -0.25) is 4.79 Å². The molecule has 2 rings (SSSR count). The Morgan fingerprint density at radius 3 is 3.00 bits per heavy atom. The number of aromatic amines is 1. The van der Waals surface area contributed by atoms with Crippen LogP contribution in [0.4, 0.5) is 0 Å². The van der Waals surface area contributed by atoms with Crippen molar-refractivity contribution in [1.29, 1.82) is 0 Å². The lowest BCUT2D eigenvalue weighted by molar-refractivity contribution is -0.121. The van der Waals surface area contributed by atoms with Gasteiger partial charge in [-0.15, -0.1) is 0 Å². The highest BCUT2D eigenvalue weighted by atomic mass is 32.1. The standard InChI is InChI=1S/C13H17N3OS/c1-3-14-12(17)6-7-16-11-5-4-9(2)8-10(11)15-13(16)18/h4-5,8H,3,6-7H2,1-2H3,(H,14,17)(H,15,18). The summed E-state index contributed by atoms with van der Waals surface area (Å²) in [5.41, 5.74) is 3.26. The fourth-order valence-electron chi connectivity index (χ4n) is 2.00. The van der Waals surface area contributed by atoms with Crippen molar-refractivity contribution in [1.82, 2.24) is 14.9 Å². The van der Waals surface area contributed by atoms with Crippen molar-refractivity contribution in [3.8, 4) is 0 Å². The van der Waals surface area contributed by atoms with Crippen LogP contribution in [0.5, 0.6) is 0 Å². The lowest BCUT2D eigenvalue weighted by Gasteiger charge is -2.05. The molecular weight excluding hydrogens is 246 g/mol. The minimum Gasteiger partial charge on any atom is -0.356 e. The molecule has 0 radical (unpaired) electrons. The first-order valence-corrected chi connectivity index (χ1v) is 6.48. The zero-order chi connectivity index (χ0) is 13.1. The van der Waals surface area contributed by atoms with E-state index in [0.717, 1.165) is 11.0 Å². The molecular formula is C13H17N3OS. The first kappa shape index (κ1) is 12.8. The molecule has 0 saturated heterocycles. The van der Waals surface area contributed by atoms with E-state index in [4.69, 9.17) is 12.2 Å². The van der Waals surface area contributed by atoms with Crippen LogP contribution >= 0.6 is 12.2 Å². The zero-order valence-electron chi connectivity index (χ0n) is 10.6. The molecule has 0 saturated carbocycles. The minimum absolute atomic E-state index is 0.0564. The Bertz CT molecular complexity index is 627. The maximum atomic E-state index is 11.5. The Kier molecular flexibility index (Phi) is 3.81. The van der Waals surface area contributed by atoms with E-state index < -0.39 is 0 Å². The van der Waals surface area contributed by atoms with Gasteiger partial charge in [-0.2, -0.15) is 0 Å². The largest absolute Gasteiger partial charge is 0.356 e. The predicted molar refractivity (Wildman–Crippen MR) is 75.2 cm³/mol. The van der Waals surface area contributed by atoms with E-state index in [1.54, 1.807) is 0 Å². The second kappa shape index (κ2) is 5.35. The lowest BCUT2D eigenvalue weighted by Crippen LogP contribution is -2.23. The number of hydrogen-bond acceptors (Lipinski definition) is 2. The highest BCUT2D eigenvalue weighted by molar-refractivity contribution is 7.71. The van der Waals surface area contributed by atoms with Gasteiger partial charge in [-0.1, -0.05) is 6.07 Å². The predicted octanol–water partition coefficient (Wildman–Crippen LogP) is 2.53.